The van der Waals surface area contributed by atoms with E-state index in [1.807, 2.05) is 24.3 Å². The molecule has 0 unspecified atom stereocenters. The fourth-order valence-corrected chi connectivity index (χ4v) is 2.88. The standard InChI is InChI=1S/C19H19NO4/c1-23-16-9-4-3-8-15(16)19(10-11-19)18(22)20-14-7-5-6-13(12-14)17(21)24-2/h3-9,12H,10-11H2,1-2H3,(H,20,22). The van der Waals surface area contributed by atoms with Gasteiger partial charge in [-0.15, -0.1) is 0 Å². The molecule has 0 heterocycles. The van der Waals surface area contributed by atoms with Crippen LogP contribution in [0.4, 0.5) is 5.69 Å². The number of carbonyl (C=O) groups excluding carboxylic acids is 2. The van der Waals surface area contributed by atoms with E-state index >= 15 is 0 Å². The van der Waals surface area contributed by atoms with E-state index in [-0.39, 0.29) is 5.91 Å². The molecule has 0 bridgehead atoms. The van der Waals surface area contributed by atoms with Crippen LogP contribution in [0.25, 0.3) is 0 Å². The highest BCUT2D eigenvalue weighted by atomic mass is 16.5. The average molecular weight is 325 g/mol. The zero-order chi connectivity index (χ0) is 17.2. The molecule has 5 nitrogen and oxygen atoms in total. The minimum atomic E-state index is -0.562. The van der Waals surface area contributed by atoms with E-state index in [0.717, 1.165) is 18.4 Å². The molecule has 0 radical (unpaired) electrons. The van der Waals surface area contributed by atoms with Crippen molar-refractivity contribution in [3.8, 4) is 5.75 Å². The quantitative estimate of drug-likeness (QED) is 0.858. The van der Waals surface area contributed by atoms with Crippen molar-refractivity contribution in [1.29, 1.82) is 0 Å². The van der Waals surface area contributed by atoms with E-state index in [2.05, 4.69) is 5.32 Å². The third-order valence-electron chi connectivity index (χ3n) is 4.35. The molecule has 0 aliphatic heterocycles. The molecule has 24 heavy (non-hydrogen) atoms. The minimum Gasteiger partial charge on any atom is -0.496 e. The first-order chi connectivity index (χ1) is 11.6. The predicted octanol–water partition coefficient (Wildman–Crippen LogP) is 3.15. The highest BCUT2D eigenvalue weighted by Gasteiger charge is 2.52. The molecular formula is C19H19NO4. The zero-order valence-electron chi connectivity index (χ0n) is 13.7. The van der Waals surface area contributed by atoms with Gasteiger partial charge in [-0.3, -0.25) is 4.79 Å². The van der Waals surface area contributed by atoms with Crippen molar-refractivity contribution in [2.45, 2.75) is 18.3 Å². The highest BCUT2D eigenvalue weighted by Crippen LogP contribution is 2.51. The van der Waals surface area contributed by atoms with Gasteiger partial charge in [0.2, 0.25) is 5.91 Å². The molecule has 1 fully saturated rings. The van der Waals surface area contributed by atoms with Gasteiger partial charge in [-0.1, -0.05) is 24.3 Å². The number of rotatable bonds is 5. The van der Waals surface area contributed by atoms with Crippen molar-refractivity contribution in [2.75, 3.05) is 19.5 Å². The summed E-state index contributed by atoms with van der Waals surface area (Å²) in [5.41, 5.74) is 1.31. The smallest absolute Gasteiger partial charge is 0.337 e. The Bertz CT molecular complexity index is 780. The molecule has 0 atom stereocenters. The fraction of sp³-hybridized carbons (Fsp3) is 0.263. The van der Waals surface area contributed by atoms with Crippen LogP contribution >= 0.6 is 0 Å². The van der Waals surface area contributed by atoms with Crippen LogP contribution in [0, 0.1) is 0 Å². The molecule has 0 aromatic heterocycles. The molecular weight excluding hydrogens is 306 g/mol. The first-order valence-electron chi connectivity index (χ1n) is 7.74. The molecule has 1 aliphatic rings. The molecule has 1 aliphatic carbocycles. The summed E-state index contributed by atoms with van der Waals surface area (Å²) >= 11 is 0. The maximum Gasteiger partial charge on any atom is 0.337 e. The van der Waals surface area contributed by atoms with Gasteiger partial charge in [0.1, 0.15) is 5.75 Å². The number of para-hydroxylation sites is 1. The minimum absolute atomic E-state index is 0.0889. The number of esters is 1. The molecule has 3 rings (SSSR count). The van der Waals surface area contributed by atoms with E-state index in [0.29, 0.717) is 17.0 Å². The van der Waals surface area contributed by atoms with Crippen molar-refractivity contribution in [3.63, 3.8) is 0 Å². The maximum atomic E-state index is 12.8. The van der Waals surface area contributed by atoms with Gasteiger partial charge in [0.25, 0.3) is 0 Å². The Hall–Kier alpha value is -2.82. The summed E-state index contributed by atoms with van der Waals surface area (Å²) in [5, 5.41) is 2.91. The Labute approximate surface area is 140 Å². The maximum absolute atomic E-state index is 12.8. The van der Waals surface area contributed by atoms with Gasteiger partial charge < -0.3 is 14.8 Å². The Morgan fingerprint density at radius 2 is 1.79 bits per heavy atom. The van der Waals surface area contributed by atoms with E-state index < -0.39 is 11.4 Å². The molecule has 5 heteroatoms. The normalized spacial score (nSPS) is 14.6. The number of anilines is 1. The lowest BCUT2D eigenvalue weighted by molar-refractivity contribution is -0.118. The monoisotopic (exact) mass is 325 g/mol. The molecule has 2 aromatic carbocycles. The fourth-order valence-electron chi connectivity index (χ4n) is 2.88. The number of methoxy groups -OCH3 is 2. The van der Waals surface area contributed by atoms with Crippen LogP contribution in [0.2, 0.25) is 0 Å². The largest absolute Gasteiger partial charge is 0.496 e. The second-order valence-electron chi connectivity index (χ2n) is 5.81. The van der Waals surface area contributed by atoms with Gasteiger partial charge >= 0.3 is 5.97 Å². The lowest BCUT2D eigenvalue weighted by Gasteiger charge is -2.18. The van der Waals surface area contributed by atoms with Gasteiger partial charge in [-0.25, -0.2) is 4.79 Å². The lowest BCUT2D eigenvalue weighted by Crippen LogP contribution is -2.28. The molecule has 0 spiro atoms. The van der Waals surface area contributed by atoms with Gasteiger partial charge in [-0.2, -0.15) is 0 Å². The van der Waals surface area contributed by atoms with Crippen molar-refractivity contribution < 1.29 is 19.1 Å². The second-order valence-corrected chi connectivity index (χ2v) is 5.81. The molecule has 1 amide bonds. The number of amides is 1. The number of nitrogens with one attached hydrogen (secondary N) is 1. The summed E-state index contributed by atoms with van der Waals surface area (Å²) in [6.45, 7) is 0. The number of hydrogen-bond donors (Lipinski definition) is 1. The van der Waals surface area contributed by atoms with Crippen LogP contribution in [0.1, 0.15) is 28.8 Å². The van der Waals surface area contributed by atoms with Gasteiger partial charge in [0.15, 0.2) is 0 Å². The average Bonchev–Trinajstić information content (AvgIpc) is 3.43. The Kier molecular flexibility index (Phi) is 4.25. The van der Waals surface area contributed by atoms with E-state index in [9.17, 15) is 9.59 Å². The number of hydrogen-bond acceptors (Lipinski definition) is 4. The summed E-state index contributed by atoms with van der Waals surface area (Å²) in [5.74, 6) is 0.194. The Morgan fingerprint density at radius 3 is 2.46 bits per heavy atom. The number of carbonyl (C=O) groups is 2. The van der Waals surface area contributed by atoms with E-state index in [4.69, 9.17) is 9.47 Å². The molecule has 0 saturated heterocycles. The van der Waals surface area contributed by atoms with Crippen molar-refractivity contribution >= 4 is 17.6 Å². The highest BCUT2D eigenvalue weighted by molar-refractivity contribution is 6.02. The van der Waals surface area contributed by atoms with Crippen molar-refractivity contribution in [2.24, 2.45) is 0 Å². The van der Waals surface area contributed by atoms with Crippen molar-refractivity contribution in [1.82, 2.24) is 0 Å². The van der Waals surface area contributed by atoms with Crippen LogP contribution in [0.15, 0.2) is 48.5 Å². The number of ether oxygens (including phenoxy) is 2. The van der Waals surface area contributed by atoms with E-state index in [1.54, 1.807) is 31.4 Å². The third kappa shape index (κ3) is 2.85. The first kappa shape index (κ1) is 16.1. The SMILES string of the molecule is COC(=O)c1cccc(NC(=O)C2(c3ccccc3OC)CC2)c1. The first-order valence-corrected chi connectivity index (χ1v) is 7.74. The number of benzene rings is 2. The molecule has 1 N–H and O–H groups in total. The van der Waals surface area contributed by atoms with Crippen LogP contribution in [0.5, 0.6) is 5.75 Å². The predicted molar refractivity (Wildman–Crippen MR) is 90.3 cm³/mol. The zero-order valence-corrected chi connectivity index (χ0v) is 13.7. The van der Waals surface area contributed by atoms with Crippen LogP contribution in [-0.4, -0.2) is 26.1 Å². The summed E-state index contributed by atoms with van der Waals surface area (Å²) < 4.78 is 10.1. The summed E-state index contributed by atoms with van der Waals surface area (Å²) in [6, 6.07) is 14.3. The molecule has 2 aromatic rings. The summed E-state index contributed by atoms with van der Waals surface area (Å²) in [4.78, 5) is 24.4. The molecule has 124 valence electrons. The second kappa shape index (κ2) is 6.35. The van der Waals surface area contributed by atoms with Gasteiger partial charge in [0, 0.05) is 11.3 Å². The van der Waals surface area contributed by atoms with Gasteiger partial charge in [-0.05, 0) is 37.1 Å². The third-order valence-corrected chi connectivity index (χ3v) is 4.35. The summed E-state index contributed by atoms with van der Waals surface area (Å²) in [7, 11) is 2.93. The molecule has 1 saturated carbocycles. The van der Waals surface area contributed by atoms with Gasteiger partial charge in [0.05, 0.1) is 25.2 Å². The van der Waals surface area contributed by atoms with E-state index in [1.165, 1.54) is 7.11 Å². The lowest BCUT2D eigenvalue weighted by atomic mass is 9.93. The Balaban J connectivity index is 1.84. The topological polar surface area (TPSA) is 64.6 Å². The Morgan fingerprint density at radius 1 is 1.04 bits per heavy atom. The van der Waals surface area contributed by atoms with Crippen LogP contribution < -0.4 is 10.1 Å². The van der Waals surface area contributed by atoms with Crippen molar-refractivity contribution in [3.05, 3.63) is 59.7 Å². The summed E-state index contributed by atoms with van der Waals surface area (Å²) in [6.07, 6.45) is 1.55. The van der Waals surface area contributed by atoms with Crippen LogP contribution in [-0.2, 0) is 14.9 Å². The van der Waals surface area contributed by atoms with Crippen LogP contribution in [0.3, 0.4) is 0 Å².